The number of piperidine rings is 1. The van der Waals surface area contributed by atoms with Gasteiger partial charge >= 0.3 is 0 Å². The van der Waals surface area contributed by atoms with Crippen molar-refractivity contribution >= 4 is 9.84 Å². The Bertz CT molecular complexity index is 713. The second kappa shape index (κ2) is 10.2. The molecular weight excluding hydrogens is 378 g/mol. The first-order valence-corrected chi connectivity index (χ1v) is 12.3. The molecule has 0 spiro atoms. The van der Waals surface area contributed by atoms with Crippen LogP contribution in [0.25, 0.3) is 0 Å². The predicted molar refractivity (Wildman–Crippen MR) is 108 cm³/mol. The van der Waals surface area contributed by atoms with Crippen molar-refractivity contribution < 1.29 is 18.3 Å². The van der Waals surface area contributed by atoms with Crippen LogP contribution in [0.5, 0.6) is 0 Å². The number of sulfone groups is 1. The number of hydrogen-bond acceptors (Lipinski definition) is 6. The van der Waals surface area contributed by atoms with E-state index in [0.29, 0.717) is 25.6 Å². The Hall–Kier alpha value is -0.960. The number of aliphatic hydroxyl groups excluding tert-OH is 1. The number of likely N-dealkylation sites (tertiary alicyclic amines) is 1. The summed E-state index contributed by atoms with van der Waals surface area (Å²) in [4.78, 5) is 6.65. The molecule has 2 aliphatic rings. The fourth-order valence-electron chi connectivity index (χ4n) is 4.60. The van der Waals surface area contributed by atoms with Gasteiger partial charge in [0, 0.05) is 33.4 Å². The summed E-state index contributed by atoms with van der Waals surface area (Å²) >= 11 is 0. The van der Waals surface area contributed by atoms with E-state index in [1.54, 1.807) is 13.3 Å². The van der Waals surface area contributed by atoms with Crippen LogP contribution in [0, 0.1) is 11.8 Å². The van der Waals surface area contributed by atoms with Gasteiger partial charge in [-0.15, -0.1) is 0 Å². The Morgan fingerprint density at radius 1 is 1.18 bits per heavy atom. The lowest BCUT2D eigenvalue weighted by Gasteiger charge is -2.31. The van der Waals surface area contributed by atoms with Gasteiger partial charge in [-0.3, -0.25) is 4.90 Å². The lowest BCUT2D eigenvalue weighted by atomic mass is 9.91. The summed E-state index contributed by atoms with van der Waals surface area (Å²) in [5.41, 5.74) is 0.915. The standard InChI is InChI=1S/C20H35N3O4S/c1-27-11-10-23-19(14-22-9-5-8-18(13-22)15-24)12-21-20(23)28(25,26)16-17-6-3-2-4-7-17/h12,17-18,24H,2-11,13-16H2,1H3/t18-/m1/s1. The Labute approximate surface area is 169 Å². The summed E-state index contributed by atoms with van der Waals surface area (Å²) in [6, 6.07) is 0. The van der Waals surface area contributed by atoms with Crippen LogP contribution in [0.2, 0.25) is 0 Å². The Kier molecular flexibility index (Phi) is 7.91. The third kappa shape index (κ3) is 5.55. The molecule has 3 rings (SSSR count). The lowest BCUT2D eigenvalue weighted by Crippen LogP contribution is -2.37. The van der Waals surface area contributed by atoms with E-state index >= 15 is 0 Å². The van der Waals surface area contributed by atoms with Gasteiger partial charge in [-0.1, -0.05) is 19.3 Å². The maximum absolute atomic E-state index is 13.1. The van der Waals surface area contributed by atoms with E-state index in [0.717, 1.165) is 57.3 Å². The average Bonchev–Trinajstić information content (AvgIpc) is 3.10. The van der Waals surface area contributed by atoms with Gasteiger partial charge in [0.25, 0.3) is 0 Å². The second-order valence-corrected chi connectivity index (χ2v) is 10.3. The first kappa shape index (κ1) is 21.7. The van der Waals surface area contributed by atoms with E-state index in [4.69, 9.17) is 4.74 Å². The highest BCUT2D eigenvalue weighted by molar-refractivity contribution is 7.91. The van der Waals surface area contributed by atoms with E-state index in [9.17, 15) is 13.5 Å². The Morgan fingerprint density at radius 2 is 1.93 bits per heavy atom. The summed E-state index contributed by atoms with van der Waals surface area (Å²) in [5, 5.41) is 9.67. The molecule has 0 bridgehead atoms. The van der Waals surface area contributed by atoms with Gasteiger partial charge in [-0.25, -0.2) is 13.4 Å². The van der Waals surface area contributed by atoms with Crippen molar-refractivity contribution in [3.63, 3.8) is 0 Å². The molecule has 1 saturated heterocycles. The van der Waals surface area contributed by atoms with Gasteiger partial charge in [-0.2, -0.15) is 0 Å². The van der Waals surface area contributed by atoms with Crippen molar-refractivity contribution in [1.82, 2.24) is 14.5 Å². The van der Waals surface area contributed by atoms with Crippen LogP contribution in [-0.4, -0.2) is 67.1 Å². The summed E-state index contributed by atoms with van der Waals surface area (Å²) in [6.07, 6.45) is 9.30. The molecule has 1 aromatic heterocycles. The zero-order valence-corrected chi connectivity index (χ0v) is 17.9. The van der Waals surface area contributed by atoms with Crippen molar-refractivity contribution in [2.45, 2.75) is 63.2 Å². The third-order valence-electron chi connectivity index (χ3n) is 6.13. The van der Waals surface area contributed by atoms with Gasteiger partial charge in [0.1, 0.15) is 0 Å². The van der Waals surface area contributed by atoms with Crippen LogP contribution in [0.4, 0.5) is 0 Å². The van der Waals surface area contributed by atoms with Crippen LogP contribution >= 0.6 is 0 Å². The molecule has 0 aromatic carbocycles. The lowest BCUT2D eigenvalue weighted by molar-refractivity contribution is 0.113. The summed E-state index contributed by atoms with van der Waals surface area (Å²) < 4.78 is 33.3. The highest BCUT2D eigenvalue weighted by atomic mass is 32.2. The number of imidazole rings is 1. The molecule has 0 unspecified atom stereocenters. The van der Waals surface area contributed by atoms with Gasteiger partial charge in [-0.05, 0) is 44.1 Å². The Balaban J connectivity index is 1.77. The number of methoxy groups -OCH3 is 1. The summed E-state index contributed by atoms with van der Waals surface area (Å²) in [6.45, 7) is 3.62. The van der Waals surface area contributed by atoms with E-state index in [2.05, 4.69) is 9.88 Å². The molecule has 8 heteroatoms. The maximum Gasteiger partial charge on any atom is 0.227 e. The molecule has 1 atom stereocenters. The number of rotatable bonds is 9. The van der Waals surface area contributed by atoms with Crippen molar-refractivity contribution in [1.29, 1.82) is 0 Å². The van der Waals surface area contributed by atoms with Gasteiger partial charge in [0.2, 0.25) is 15.0 Å². The van der Waals surface area contributed by atoms with Crippen LogP contribution in [0.3, 0.4) is 0 Å². The van der Waals surface area contributed by atoms with Crippen LogP contribution in [0.15, 0.2) is 11.4 Å². The SMILES string of the molecule is COCCn1c(CN2CCC[C@@H](CO)C2)cnc1S(=O)(=O)CC1CCCCC1. The number of ether oxygens (including phenoxy) is 1. The van der Waals surface area contributed by atoms with Crippen molar-refractivity contribution in [3.05, 3.63) is 11.9 Å². The number of aromatic nitrogens is 2. The average molecular weight is 414 g/mol. The summed E-state index contributed by atoms with van der Waals surface area (Å²) in [5.74, 6) is 0.757. The quantitative estimate of drug-likeness (QED) is 0.667. The minimum atomic E-state index is -3.42. The van der Waals surface area contributed by atoms with Crippen molar-refractivity contribution in [2.75, 3.05) is 39.2 Å². The van der Waals surface area contributed by atoms with Crippen molar-refractivity contribution in [3.8, 4) is 0 Å². The van der Waals surface area contributed by atoms with Gasteiger partial charge in [0.15, 0.2) is 0 Å². The minimum Gasteiger partial charge on any atom is -0.396 e. The predicted octanol–water partition coefficient (Wildman–Crippen LogP) is 2.09. The first-order chi connectivity index (χ1) is 13.5. The number of nitrogens with zero attached hydrogens (tertiary/aromatic N) is 3. The van der Waals surface area contributed by atoms with E-state index < -0.39 is 9.84 Å². The maximum atomic E-state index is 13.1. The van der Waals surface area contributed by atoms with E-state index in [-0.39, 0.29) is 23.4 Å². The van der Waals surface area contributed by atoms with Crippen LogP contribution in [0.1, 0.15) is 50.6 Å². The molecule has 1 saturated carbocycles. The molecule has 2 fully saturated rings. The zero-order valence-electron chi connectivity index (χ0n) is 17.1. The topological polar surface area (TPSA) is 84.7 Å². The molecule has 28 heavy (non-hydrogen) atoms. The molecule has 0 radical (unpaired) electrons. The normalized spacial score (nSPS) is 22.6. The Morgan fingerprint density at radius 3 is 2.64 bits per heavy atom. The van der Waals surface area contributed by atoms with Gasteiger partial charge < -0.3 is 14.4 Å². The fourth-order valence-corrected chi connectivity index (χ4v) is 6.46. The molecule has 160 valence electrons. The molecule has 1 aromatic rings. The molecule has 1 aliphatic carbocycles. The first-order valence-electron chi connectivity index (χ1n) is 10.6. The fraction of sp³-hybridized carbons (Fsp3) is 0.850. The largest absolute Gasteiger partial charge is 0.396 e. The monoisotopic (exact) mass is 413 g/mol. The van der Waals surface area contributed by atoms with Crippen molar-refractivity contribution in [2.24, 2.45) is 11.8 Å². The van der Waals surface area contributed by atoms with Crippen LogP contribution in [-0.2, 0) is 27.7 Å². The minimum absolute atomic E-state index is 0.195. The molecule has 1 aliphatic heterocycles. The summed E-state index contributed by atoms with van der Waals surface area (Å²) in [7, 11) is -1.79. The second-order valence-electron chi connectivity index (χ2n) is 8.39. The molecule has 0 amide bonds. The highest BCUT2D eigenvalue weighted by Gasteiger charge is 2.29. The third-order valence-corrected chi connectivity index (χ3v) is 7.92. The highest BCUT2D eigenvalue weighted by Crippen LogP contribution is 2.27. The molecular formula is C20H35N3O4S. The molecule has 1 N–H and O–H groups in total. The number of hydrogen-bond donors (Lipinski definition) is 1. The zero-order chi connectivity index (χ0) is 20.0. The van der Waals surface area contributed by atoms with Gasteiger partial charge in [0.05, 0.1) is 24.3 Å². The smallest absolute Gasteiger partial charge is 0.227 e. The molecule has 7 nitrogen and oxygen atoms in total. The van der Waals surface area contributed by atoms with E-state index in [1.165, 1.54) is 6.42 Å². The molecule has 2 heterocycles. The van der Waals surface area contributed by atoms with Crippen LogP contribution < -0.4 is 0 Å². The van der Waals surface area contributed by atoms with E-state index in [1.807, 2.05) is 4.57 Å². The number of aliphatic hydroxyl groups is 1.